The summed E-state index contributed by atoms with van der Waals surface area (Å²) in [5, 5.41) is 7.30. The molecule has 2 aliphatic rings. The molecule has 1 aromatic carbocycles. The van der Waals surface area contributed by atoms with Gasteiger partial charge in [-0.15, -0.1) is 11.3 Å². The van der Waals surface area contributed by atoms with Crippen LogP contribution in [-0.2, 0) is 16.0 Å². The average molecular weight is 532 g/mol. The average Bonchev–Trinajstić information content (AvgIpc) is 3.51. The molecule has 4 heterocycles. The van der Waals surface area contributed by atoms with Gasteiger partial charge in [0.25, 0.3) is 11.8 Å². The molecule has 5 rings (SSSR count). The predicted octanol–water partition coefficient (Wildman–Crippen LogP) is 3.34. The predicted molar refractivity (Wildman–Crippen MR) is 145 cm³/mol. The van der Waals surface area contributed by atoms with Gasteiger partial charge in [0.15, 0.2) is 0 Å². The Morgan fingerprint density at radius 1 is 0.947 bits per heavy atom. The van der Waals surface area contributed by atoms with Crippen LogP contribution in [0.2, 0.25) is 0 Å². The molecule has 196 valence electrons. The van der Waals surface area contributed by atoms with Crippen molar-refractivity contribution in [3.8, 4) is 0 Å². The Kier molecular flexibility index (Phi) is 7.78. The third-order valence-electron chi connectivity index (χ3n) is 7.02. The third kappa shape index (κ3) is 5.75. The number of amides is 4. The number of likely N-dealkylation sites (tertiary alicyclic amines) is 1. The van der Waals surface area contributed by atoms with Crippen LogP contribution in [0.4, 0.5) is 11.4 Å². The number of aryl methyl sites for hydroxylation is 1. The minimum atomic E-state index is -0.724. The summed E-state index contributed by atoms with van der Waals surface area (Å²) in [6.45, 7) is 2.24. The smallest absolute Gasteiger partial charge is 0.313 e. The van der Waals surface area contributed by atoms with Crippen molar-refractivity contribution in [1.29, 1.82) is 0 Å². The molecule has 2 aliphatic heterocycles. The summed E-state index contributed by atoms with van der Waals surface area (Å²) in [6, 6.07) is 12.5. The number of nitrogens with zero attached hydrogens (tertiary/aromatic N) is 3. The highest BCUT2D eigenvalue weighted by molar-refractivity contribution is 7.12. The minimum absolute atomic E-state index is 0.0154. The fraction of sp³-hybridized carbons (Fsp3) is 0.321. The van der Waals surface area contributed by atoms with E-state index in [4.69, 9.17) is 0 Å². The van der Waals surface area contributed by atoms with Gasteiger partial charge in [-0.2, -0.15) is 0 Å². The van der Waals surface area contributed by atoms with Crippen LogP contribution in [-0.4, -0.2) is 59.7 Å². The number of hydrogen-bond donors (Lipinski definition) is 2. The van der Waals surface area contributed by atoms with E-state index in [0.717, 1.165) is 36.9 Å². The summed E-state index contributed by atoms with van der Waals surface area (Å²) >= 11 is 1.42. The molecule has 0 atom stereocenters. The molecule has 4 amide bonds. The molecule has 10 heteroatoms. The molecule has 3 aromatic rings. The number of hydrogen-bond acceptors (Lipinski definition) is 6. The minimum Gasteiger partial charge on any atom is -0.348 e. The van der Waals surface area contributed by atoms with E-state index < -0.39 is 11.8 Å². The molecule has 2 N–H and O–H groups in total. The lowest BCUT2D eigenvalue weighted by Gasteiger charge is -2.32. The van der Waals surface area contributed by atoms with E-state index in [1.165, 1.54) is 11.3 Å². The number of thiophene rings is 1. The number of pyridine rings is 1. The number of anilines is 2. The highest BCUT2D eigenvalue weighted by Crippen LogP contribution is 2.31. The van der Waals surface area contributed by atoms with Gasteiger partial charge < -0.3 is 20.4 Å². The zero-order chi connectivity index (χ0) is 26.5. The Morgan fingerprint density at radius 3 is 2.47 bits per heavy atom. The second-order valence-electron chi connectivity index (χ2n) is 9.52. The van der Waals surface area contributed by atoms with E-state index in [2.05, 4.69) is 15.6 Å². The molecule has 9 nitrogen and oxygen atoms in total. The van der Waals surface area contributed by atoms with Crippen molar-refractivity contribution >= 4 is 46.3 Å². The number of carbonyl (C=O) groups is 4. The van der Waals surface area contributed by atoms with Crippen LogP contribution in [0.1, 0.15) is 44.9 Å². The maximum Gasteiger partial charge on any atom is 0.313 e. The molecule has 1 fully saturated rings. The molecular formula is C28H29N5O4S. The van der Waals surface area contributed by atoms with E-state index >= 15 is 0 Å². The number of piperidine rings is 1. The normalized spacial score (nSPS) is 15.5. The van der Waals surface area contributed by atoms with E-state index in [-0.39, 0.29) is 17.7 Å². The summed E-state index contributed by atoms with van der Waals surface area (Å²) in [4.78, 5) is 58.7. The Bertz CT molecular complexity index is 1320. The first-order valence-electron chi connectivity index (χ1n) is 12.8. The first-order valence-corrected chi connectivity index (χ1v) is 13.6. The highest BCUT2D eigenvalue weighted by atomic mass is 32.1. The van der Waals surface area contributed by atoms with Crippen LogP contribution >= 0.6 is 11.3 Å². The summed E-state index contributed by atoms with van der Waals surface area (Å²) in [7, 11) is 0. The summed E-state index contributed by atoms with van der Waals surface area (Å²) in [5.74, 6) is -1.25. The van der Waals surface area contributed by atoms with Crippen LogP contribution < -0.4 is 15.5 Å². The standard InChI is InChI=1S/C28H29N5O4S/c34-25(30-18-19-9-14-32(15-10-19)27(36)20-7-11-29-12-8-20)26(35)31-22-5-6-23-21(17-22)3-1-13-33(23)28(37)24-4-2-16-38-24/h2,4-8,11-12,16-17,19H,1,3,9-10,13-15,18H2,(H,30,34)(H,31,35). The number of benzene rings is 1. The van der Waals surface area contributed by atoms with Gasteiger partial charge in [0.05, 0.1) is 4.88 Å². The van der Waals surface area contributed by atoms with Gasteiger partial charge in [-0.05, 0) is 78.9 Å². The van der Waals surface area contributed by atoms with Gasteiger partial charge in [0, 0.05) is 55.5 Å². The van der Waals surface area contributed by atoms with Crippen molar-refractivity contribution < 1.29 is 19.2 Å². The van der Waals surface area contributed by atoms with Crippen molar-refractivity contribution in [1.82, 2.24) is 15.2 Å². The van der Waals surface area contributed by atoms with Gasteiger partial charge in [-0.1, -0.05) is 6.07 Å². The Morgan fingerprint density at radius 2 is 1.74 bits per heavy atom. The van der Waals surface area contributed by atoms with Crippen LogP contribution in [0, 0.1) is 5.92 Å². The van der Waals surface area contributed by atoms with Gasteiger partial charge in [-0.3, -0.25) is 24.2 Å². The molecule has 1 saturated heterocycles. The van der Waals surface area contributed by atoms with Crippen molar-refractivity contribution in [2.75, 3.05) is 36.4 Å². The molecule has 0 saturated carbocycles. The maximum atomic E-state index is 12.9. The fourth-order valence-electron chi connectivity index (χ4n) is 4.94. The molecule has 0 spiro atoms. The molecule has 0 radical (unpaired) electrons. The van der Waals surface area contributed by atoms with Gasteiger partial charge >= 0.3 is 11.8 Å². The van der Waals surface area contributed by atoms with Gasteiger partial charge in [-0.25, -0.2) is 0 Å². The Hall–Kier alpha value is -4.05. The molecule has 0 aliphatic carbocycles. The zero-order valence-corrected chi connectivity index (χ0v) is 21.7. The molecule has 0 unspecified atom stereocenters. The van der Waals surface area contributed by atoms with Crippen LogP contribution in [0.15, 0.2) is 60.2 Å². The summed E-state index contributed by atoms with van der Waals surface area (Å²) in [6.07, 6.45) is 6.34. The number of rotatable bonds is 5. The largest absolute Gasteiger partial charge is 0.348 e. The van der Waals surface area contributed by atoms with Crippen molar-refractivity contribution in [2.24, 2.45) is 5.92 Å². The third-order valence-corrected chi connectivity index (χ3v) is 7.88. The van der Waals surface area contributed by atoms with E-state index in [9.17, 15) is 19.2 Å². The lowest BCUT2D eigenvalue weighted by molar-refractivity contribution is -0.136. The van der Waals surface area contributed by atoms with E-state index in [1.807, 2.05) is 34.5 Å². The number of carbonyl (C=O) groups excluding carboxylic acids is 4. The SMILES string of the molecule is O=C(NCC1CCN(C(=O)c2ccncc2)CC1)C(=O)Nc1ccc2c(c1)CCCN2C(=O)c1cccs1. The van der Waals surface area contributed by atoms with Crippen molar-refractivity contribution in [2.45, 2.75) is 25.7 Å². The second-order valence-corrected chi connectivity index (χ2v) is 10.5. The summed E-state index contributed by atoms with van der Waals surface area (Å²) < 4.78 is 0. The monoisotopic (exact) mass is 531 g/mol. The van der Waals surface area contributed by atoms with Crippen molar-refractivity contribution in [3.05, 3.63) is 76.2 Å². The van der Waals surface area contributed by atoms with Crippen molar-refractivity contribution in [3.63, 3.8) is 0 Å². The first kappa shape index (κ1) is 25.6. The van der Waals surface area contributed by atoms with Crippen LogP contribution in [0.5, 0.6) is 0 Å². The fourth-order valence-corrected chi connectivity index (χ4v) is 5.61. The van der Waals surface area contributed by atoms with Gasteiger partial charge in [0.1, 0.15) is 0 Å². The number of fused-ring (bicyclic) bond motifs is 1. The van der Waals surface area contributed by atoms with E-state index in [0.29, 0.717) is 42.3 Å². The lowest BCUT2D eigenvalue weighted by Crippen LogP contribution is -2.43. The summed E-state index contributed by atoms with van der Waals surface area (Å²) in [5.41, 5.74) is 2.95. The Balaban J connectivity index is 1.10. The quantitative estimate of drug-likeness (QED) is 0.491. The van der Waals surface area contributed by atoms with E-state index in [1.54, 1.807) is 35.5 Å². The molecule has 2 aromatic heterocycles. The highest BCUT2D eigenvalue weighted by Gasteiger charge is 2.26. The van der Waals surface area contributed by atoms with Crippen LogP contribution in [0.25, 0.3) is 0 Å². The molecular weight excluding hydrogens is 502 g/mol. The first-order chi connectivity index (χ1) is 18.5. The number of nitrogens with one attached hydrogen (secondary N) is 2. The maximum absolute atomic E-state index is 12.9. The zero-order valence-electron chi connectivity index (χ0n) is 20.9. The van der Waals surface area contributed by atoms with Crippen LogP contribution in [0.3, 0.4) is 0 Å². The second kappa shape index (κ2) is 11.6. The molecule has 38 heavy (non-hydrogen) atoms. The number of aromatic nitrogens is 1. The lowest BCUT2D eigenvalue weighted by atomic mass is 9.96. The topological polar surface area (TPSA) is 112 Å². The van der Waals surface area contributed by atoms with Gasteiger partial charge in [0.2, 0.25) is 0 Å². The Labute approximate surface area is 224 Å². The molecule has 0 bridgehead atoms.